The smallest absolute Gasteiger partial charge is 0.328 e. The van der Waals surface area contributed by atoms with Crippen LogP contribution >= 0.6 is 19.9 Å². The molecule has 0 atom stereocenters. The average Bonchev–Trinajstić information content (AvgIpc) is 3.81. The van der Waals surface area contributed by atoms with Gasteiger partial charge in [-0.25, -0.2) is 9.67 Å². The molecule has 15 heteroatoms. The number of rotatable bonds is 13. The predicted molar refractivity (Wildman–Crippen MR) is 178 cm³/mol. The molecule has 5 rings (SSSR count). The lowest BCUT2D eigenvalue weighted by Gasteiger charge is -2.34. The number of hydrogen-bond acceptors (Lipinski definition) is 11. The number of pyridine rings is 1. The number of carbonyl (C=O) groups is 1. The molecule has 3 N–H and O–H groups in total. The predicted octanol–water partition coefficient (Wildman–Crippen LogP) is 5.82. The van der Waals surface area contributed by atoms with E-state index in [0.29, 0.717) is 34.3 Å². The van der Waals surface area contributed by atoms with E-state index in [1.54, 1.807) is 24.0 Å². The van der Waals surface area contributed by atoms with Crippen molar-refractivity contribution in [3.8, 4) is 22.0 Å². The quantitative estimate of drug-likeness (QED) is 0.150. The topological polar surface area (TPSA) is 153 Å². The summed E-state index contributed by atoms with van der Waals surface area (Å²) in [5.74, 6) is -0.364. The number of amides is 1. The van der Waals surface area contributed by atoms with Crippen molar-refractivity contribution in [1.29, 1.82) is 0 Å². The first-order valence-electron chi connectivity index (χ1n) is 15.3. The fraction of sp³-hybridized carbons (Fsp3) is 0.500. The Bertz CT molecular complexity index is 1420. The minimum Gasteiger partial charge on any atom is -0.378 e. The third-order valence-electron chi connectivity index (χ3n) is 7.00. The Morgan fingerprint density at radius 3 is 2.47 bits per heavy atom. The third-order valence-corrected chi connectivity index (χ3v) is 8.24. The van der Waals surface area contributed by atoms with Gasteiger partial charge in [-0.1, -0.05) is 40.7 Å². The summed E-state index contributed by atoms with van der Waals surface area (Å²) in [4.78, 5) is 42.1. The second-order valence-corrected chi connectivity index (χ2v) is 11.3. The van der Waals surface area contributed by atoms with Gasteiger partial charge in [0.05, 0.1) is 29.7 Å². The molecule has 0 spiro atoms. The number of aromatic nitrogens is 6. The van der Waals surface area contributed by atoms with Gasteiger partial charge in [-0.15, -0.1) is 11.3 Å². The Hall–Kier alpha value is -3.10. The largest absolute Gasteiger partial charge is 0.378 e. The maximum atomic E-state index is 13.1. The summed E-state index contributed by atoms with van der Waals surface area (Å²) < 4.78 is 13.7. The highest BCUT2D eigenvalue weighted by Crippen LogP contribution is 2.37. The van der Waals surface area contributed by atoms with Gasteiger partial charge in [-0.3, -0.25) is 19.0 Å². The van der Waals surface area contributed by atoms with Crippen LogP contribution in [0.1, 0.15) is 70.9 Å². The number of nitrogens with zero attached hydrogens (tertiary/aromatic N) is 7. The normalized spacial score (nSPS) is 15.6. The van der Waals surface area contributed by atoms with Gasteiger partial charge in [-0.05, 0) is 51.5 Å². The van der Waals surface area contributed by atoms with Crippen molar-refractivity contribution in [2.75, 3.05) is 31.6 Å². The van der Waals surface area contributed by atoms with Crippen molar-refractivity contribution in [2.24, 2.45) is 0 Å². The molecule has 1 aliphatic carbocycles. The third kappa shape index (κ3) is 10.5. The molecule has 0 radical (unpaired) electrons. The minimum atomic E-state index is -2.47. The van der Waals surface area contributed by atoms with Gasteiger partial charge in [0.25, 0.3) is 5.91 Å². The number of nitrogens with one attached hydrogen (secondary N) is 1. The summed E-state index contributed by atoms with van der Waals surface area (Å²) in [5.41, 5.74) is 2.75. The molecule has 13 nitrogen and oxygen atoms in total. The van der Waals surface area contributed by atoms with Gasteiger partial charge in [0.2, 0.25) is 0 Å². The van der Waals surface area contributed by atoms with Crippen molar-refractivity contribution >= 4 is 31.5 Å². The van der Waals surface area contributed by atoms with Crippen LogP contribution in [0.5, 0.6) is 0 Å². The molecule has 4 heterocycles. The molecule has 1 amide bonds. The van der Waals surface area contributed by atoms with Crippen molar-refractivity contribution in [2.45, 2.75) is 73.3 Å². The highest BCUT2D eigenvalue weighted by molar-refractivity contribution is 7.39. The van der Waals surface area contributed by atoms with Crippen LogP contribution < -0.4 is 5.32 Å². The molecule has 4 aromatic heterocycles. The minimum absolute atomic E-state index is 0.107. The van der Waals surface area contributed by atoms with E-state index in [2.05, 4.69) is 46.1 Å². The first-order valence-corrected chi connectivity index (χ1v) is 17.3. The van der Waals surface area contributed by atoms with Crippen LogP contribution in [0.15, 0.2) is 48.4 Å². The molecular weight excluding hydrogens is 615 g/mol. The molecule has 1 saturated carbocycles. The highest BCUT2D eigenvalue weighted by atomic mass is 32.1. The molecule has 0 aliphatic heterocycles. The second kappa shape index (κ2) is 18.8. The van der Waals surface area contributed by atoms with Gasteiger partial charge in [0.1, 0.15) is 23.1 Å². The van der Waals surface area contributed by atoms with Crippen LogP contribution in [0.2, 0.25) is 0 Å². The highest BCUT2D eigenvalue weighted by Gasteiger charge is 2.32. The van der Waals surface area contributed by atoms with E-state index >= 15 is 0 Å². The van der Waals surface area contributed by atoms with E-state index in [9.17, 15) is 4.79 Å². The Balaban J connectivity index is 0.000000544. The summed E-state index contributed by atoms with van der Waals surface area (Å²) in [6.07, 6.45) is 8.72. The maximum absolute atomic E-state index is 13.1. The van der Waals surface area contributed by atoms with E-state index in [-0.39, 0.29) is 30.5 Å². The number of thiazole rings is 1. The van der Waals surface area contributed by atoms with Gasteiger partial charge >= 0.3 is 8.60 Å². The van der Waals surface area contributed by atoms with Crippen molar-refractivity contribution in [3.63, 3.8) is 0 Å². The zero-order valence-corrected chi connectivity index (χ0v) is 28.5. The molecule has 0 aromatic carbocycles. The molecule has 0 unspecified atom stereocenters. The first-order chi connectivity index (χ1) is 21.8. The standard InChI is InChI=1S/C22H24N7O5PS.C6H15N.C2H6/c1-2-33-16-7-15(8-16)29-11-18(20(27-29)17-5-3-4-6-23-17)25-21(30)19-12-36-22(26-19)14-9-24-28(10-14)13-34-35(31)32;1-4-7(5-2)6-3;1-2/h3-6,9-12,15-16,31-32H,2,7-8,13H2,1H3,(H,25,30);4-6H2,1-3H3;1-2H3. The fourth-order valence-electron chi connectivity index (χ4n) is 4.51. The number of carbonyl (C=O) groups excluding carboxylic acids is 1. The molecule has 45 heavy (non-hydrogen) atoms. The molecular formula is C30H45N8O5PS. The zero-order valence-electron chi connectivity index (χ0n) is 26.8. The van der Waals surface area contributed by atoms with Crippen LogP contribution in [-0.4, -0.2) is 82.5 Å². The molecule has 246 valence electrons. The van der Waals surface area contributed by atoms with Crippen LogP contribution in [-0.2, 0) is 16.0 Å². The lowest BCUT2D eigenvalue weighted by molar-refractivity contribution is -0.0226. The fourth-order valence-corrected chi connectivity index (χ4v) is 5.51. The molecule has 1 fully saturated rings. The molecule has 4 aromatic rings. The number of hydrogen-bond donors (Lipinski definition) is 3. The van der Waals surface area contributed by atoms with E-state index in [4.69, 9.17) is 24.1 Å². The first kappa shape index (κ1) is 36.4. The molecule has 0 saturated heterocycles. The molecule has 1 aliphatic rings. The van der Waals surface area contributed by atoms with Crippen molar-refractivity contribution in [3.05, 3.63) is 54.1 Å². The lowest BCUT2D eigenvalue weighted by Crippen LogP contribution is -2.33. The van der Waals surface area contributed by atoms with E-state index in [1.807, 2.05) is 49.8 Å². The van der Waals surface area contributed by atoms with E-state index < -0.39 is 8.60 Å². The van der Waals surface area contributed by atoms with Crippen molar-refractivity contribution < 1.29 is 23.8 Å². The lowest BCUT2D eigenvalue weighted by atomic mass is 9.89. The Labute approximate surface area is 270 Å². The van der Waals surface area contributed by atoms with Gasteiger partial charge < -0.3 is 24.7 Å². The Kier molecular flexibility index (Phi) is 15.2. The Morgan fingerprint density at radius 1 is 1.13 bits per heavy atom. The SMILES string of the molecule is CC.CCN(CC)CC.CCOC1CC(n2cc(NC(=O)c3csc(-c4cnn(COP(O)O)c4)n3)c(-c3ccccn3)n2)C1. The van der Waals surface area contributed by atoms with Crippen LogP contribution in [0.4, 0.5) is 5.69 Å². The number of anilines is 1. The monoisotopic (exact) mass is 660 g/mol. The summed E-state index contributed by atoms with van der Waals surface area (Å²) >= 11 is 1.30. The maximum Gasteiger partial charge on any atom is 0.328 e. The molecule has 0 bridgehead atoms. The van der Waals surface area contributed by atoms with Gasteiger partial charge in [0.15, 0.2) is 0 Å². The number of ether oxygens (including phenoxy) is 1. The van der Waals surface area contributed by atoms with Gasteiger partial charge in [0, 0.05) is 36.1 Å². The van der Waals surface area contributed by atoms with Gasteiger partial charge in [-0.2, -0.15) is 10.2 Å². The van der Waals surface area contributed by atoms with Crippen LogP contribution in [0, 0.1) is 0 Å². The van der Waals surface area contributed by atoms with E-state index in [0.717, 1.165) is 12.8 Å². The summed E-state index contributed by atoms with van der Waals surface area (Å²) in [7, 11) is -2.47. The summed E-state index contributed by atoms with van der Waals surface area (Å²) in [6, 6.07) is 5.76. The van der Waals surface area contributed by atoms with Crippen molar-refractivity contribution in [1.82, 2.24) is 34.4 Å². The van der Waals surface area contributed by atoms with Crippen LogP contribution in [0.3, 0.4) is 0 Å². The average molecular weight is 661 g/mol. The van der Waals surface area contributed by atoms with Crippen LogP contribution in [0.25, 0.3) is 22.0 Å². The van der Waals surface area contributed by atoms with E-state index in [1.165, 1.54) is 35.7 Å². The second-order valence-electron chi connectivity index (χ2n) is 9.68. The Morgan fingerprint density at radius 2 is 1.87 bits per heavy atom. The zero-order chi connectivity index (χ0) is 32.8. The summed E-state index contributed by atoms with van der Waals surface area (Å²) in [5, 5.41) is 14.0. The summed E-state index contributed by atoms with van der Waals surface area (Å²) in [6.45, 7) is 16.7.